The van der Waals surface area contributed by atoms with Gasteiger partial charge in [-0.05, 0) is 25.7 Å². The Labute approximate surface area is 203 Å². The van der Waals surface area contributed by atoms with E-state index in [2.05, 4.69) is 22.0 Å². The lowest BCUT2D eigenvalue weighted by Crippen LogP contribution is -2.61. The van der Waals surface area contributed by atoms with Crippen LogP contribution in [0.5, 0.6) is 0 Å². The van der Waals surface area contributed by atoms with Crippen molar-refractivity contribution < 1.29 is 27.5 Å². The van der Waals surface area contributed by atoms with Gasteiger partial charge in [-0.1, -0.05) is 54.7 Å². The normalized spacial score (nSPS) is 19.2. The van der Waals surface area contributed by atoms with Crippen LogP contribution >= 0.6 is 34.8 Å². The molecule has 0 aliphatic carbocycles. The molecule has 184 valence electrons. The molecule has 0 aromatic carbocycles. The maximum atomic E-state index is 12.8. The molecular weight excluding hydrogens is 507 g/mol. The Morgan fingerprint density at radius 2 is 1.91 bits per heavy atom. The molecule has 0 saturated carbocycles. The summed E-state index contributed by atoms with van der Waals surface area (Å²) in [6.45, 7) is 8.05. The number of carbonyl (C=O) groups excluding carboxylic acids is 3. The van der Waals surface area contributed by atoms with Crippen molar-refractivity contribution in [3.05, 3.63) is 12.7 Å². The molecule has 1 aliphatic heterocycles. The highest BCUT2D eigenvalue weighted by Crippen LogP contribution is 2.26. The number of alkyl halides is 3. The van der Waals surface area contributed by atoms with Gasteiger partial charge in [0.2, 0.25) is 19.7 Å². The van der Waals surface area contributed by atoms with Crippen LogP contribution in [0.1, 0.15) is 33.6 Å². The molecule has 10 nitrogen and oxygen atoms in total. The summed E-state index contributed by atoms with van der Waals surface area (Å²) in [6.07, 6.45) is 2.12. The molecule has 2 amide bonds. The highest BCUT2D eigenvalue weighted by molar-refractivity contribution is 7.89. The number of sulfonamides is 1. The van der Waals surface area contributed by atoms with Crippen molar-refractivity contribution in [2.24, 2.45) is 5.92 Å². The first-order chi connectivity index (χ1) is 14.7. The van der Waals surface area contributed by atoms with Gasteiger partial charge in [0.25, 0.3) is 5.91 Å². The Morgan fingerprint density at radius 3 is 2.44 bits per heavy atom. The first kappa shape index (κ1) is 28.9. The summed E-state index contributed by atoms with van der Waals surface area (Å²) in [4.78, 5) is 37.6. The van der Waals surface area contributed by atoms with E-state index in [0.29, 0.717) is 19.4 Å². The average molecular weight is 536 g/mol. The largest absolute Gasteiger partial charge is 0.460 e. The number of hydrogen-bond donors (Lipinski definition) is 3. The van der Waals surface area contributed by atoms with Gasteiger partial charge in [0, 0.05) is 6.54 Å². The predicted octanol–water partition coefficient (Wildman–Crippen LogP) is 1.03. The van der Waals surface area contributed by atoms with Gasteiger partial charge in [-0.15, -0.1) is 6.58 Å². The molecule has 0 aromatic rings. The SMILES string of the molecule is C=CCS(=O)(=O)NC(C(=O)N[C@@H](C)C(=O)N1CCC[C@@H](C(=O)OCC(Cl)(Cl)Cl)N1)C(C)C. The topological polar surface area (TPSA) is 134 Å². The summed E-state index contributed by atoms with van der Waals surface area (Å²) in [5.41, 5.74) is 2.76. The van der Waals surface area contributed by atoms with E-state index in [-0.39, 0.29) is 11.7 Å². The third-order valence-corrected chi connectivity index (χ3v) is 6.05. The fraction of sp³-hybridized carbons (Fsp3) is 0.722. The number of hydrogen-bond acceptors (Lipinski definition) is 7. The van der Waals surface area contributed by atoms with Crippen LogP contribution in [0.25, 0.3) is 0 Å². The Kier molecular flexibility index (Phi) is 11.2. The predicted molar refractivity (Wildman–Crippen MR) is 122 cm³/mol. The minimum Gasteiger partial charge on any atom is -0.460 e. The second-order valence-electron chi connectivity index (χ2n) is 7.68. The third kappa shape index (κ3) is 9.80. The lowest BCUT2D eigenvalue weighted by atomic mass is 10.0. The zero-order chi connectivity index (χ0) is 24.7. The number of nitrogens with zero attached hydrogens (tertiary/aromatic N) is 1. The zero-order valence-electron chi connectivity index (χ0n) is 18.1. The van der Waals surface area contributed by atoms with E-state index in [1.807, 2.05) is 0 Å². The molecule has 3 N–H and O–H groups in total. The molecule has 1 aliphatic rings. The molecule has 0 aromatic heterocycles. The van der Waals surface area contributed by atoms with Crippen LogP contribution < -0.4 is 15.5 Å². The molecule has 0 bridgehead atoms. The van der Waals surface area contributed by atoms with E-state index in [0.717, 1.165) is 0 Å². The van der Waals surface area contributed by atoms with Crippen LogP contribution in [-0.2, 0) is 29.1 Å². The number of halogens is 3. The number of hydrazine groups is 1. The van der Waals surface area contributed by atoms with Crippen molar-refractivity contribution in [1.82, 2.24) is 20.5 Å². The Bertz CT molecular complexity index is 803. The maximum absolute atomic E-state index is 12.8. The minimum atomic E-state index is -3.75. The van der Waals surface area contributed by atoms with Gasteiger partial charge in [-0.3, -0.25) is 19.4 Å². The van der Waals surface area contributed by atoms with Crippen molar-refractivity contribution in [2.75, 3.05) is 18.9 Å². The van der Waals surface area contributed by atoms with Gasteiger partial charge in [-0.25, -0.2) is 18.6 Å². The smallest absolute Gasteiger partial charge is 0.325 e. The minimum absolute atomic E-state index is 0.298. The fourth-order valence-corrected chi connectivity index (χ4v) is 4.19. The van der Waals surface area contributed by atoms with Gasteiger partial charge in [0.05, 0.1) is 5.75 Å². The van der Waals surface area contributed by atoms with Gasteiger partial charge < -0.3 is 10.1 Å². The molecule has 0 radical (unpaired) electrons. The molecule has 14 heteroatoms. The highest BCUT2D eigenvalue weighted by atomic mass is 35.6. The first-order valence-corrected chi connectivity index (χ1v) is 12.7. The van der Waals surface area contributed by atoms with Crippen LogP contribution in [0, 0.1) is 5.92 Å². The molecule has 1 heterocycles. The molecule has 1 unspecified atom stereocenters. The lowest BCUT2D eigenvalue weighted by Gasteiger charge is -2.34. The van der Waals surface area contributed by atoms with E-state index >= 15 is 0 Å². The van der Waals surface area contributed by atoms with Crippen LogP contribution in [0.4, 0.5) is 0 Å². The summed E-state index contributed by atoms with van der Waals surface area (Å²) in [6, 6.07) is -2.89. The van der Waals surface area contributed by atoms with Crippen molar-refractivity contribution >= 4 is 62.6 Å². The van der Waals surface area contributed by atoms with Crippen molar-refractivity contribution in [3.63, 3.8) is 0 Å². The van der Waals surface area contributed by atoms with E-state index in [1.54, 1.807) is 13.8 Å². The summed E-state index contributed by atoms with van der Waals surface area (Å²) >= 11 is 16.7. The quantitative estimate of drug-likeness (QED) is 0.216. The maximum Gasteiger partial charge on any atom is 0.325 e. The van der Waals surface area contributed by atoms with Gasteiger partial charge >= 0.3 is 5.97 Å². The number of ether oxygens (including phenoxy) is 1. The third-order valence-electron chi connectivity index (χ3n) is 4.44. The highest BCUT2D eigenvalue weighted by Gasteiger charge is 2.34. The van der Waals surface area contributed by atoms with Gasteiger partial charge in [-0.2, -0.15) is 0 Å². The van der Waals surface area contributed by atoms with Gasteiger partial charge in [0.1, 0.15) is 24.7 Å². The summed E-state index contributed by atoms with van der Waals surface area (Å²) < 4.78 is 29.5. The van der Waals surface area contributed by atoms with Crippen LogP contribution in [0.15, 0.2) is 12.7 Å². The number of amides is 2. The standard InChI is InChI=1S/C18H29Cl3N4O6S/c1-5-9-32(29,30)24-14(11(2)3)15(26)22-12(4)16(27)25-8-6-7-13(23-25)17(28)31-10-18(19,20)21/h5,11-14,23-24H,1,6-10H2,2-4H3,(H,22,26)/t12-,13-,14?/m0/s1. The summed E-state index contributed by atoms with van der Waals surface area (Å²) in [5.74, 6) is -2.55. The summed E-state index contributed by atoms with van der Waals surface area (Å²) in [7, 11) is -3.75. The van der Waals surface area contributed by atoms with E-state index in [9.17, 15) is 22.8 Å². The molecule has 1 fully saturated rings. The second-order valence-corrected chi connectivity index (χ2v) is 12.0. The lowest BCUT2D eigenvalue weighted by molar-refractivity contribution is -0.152. The Balaban J connectivity index is 2.74. The molecule has 3 atom stereocenters. The van der Waals surface area contributed by atoms with Crippen molar-refractivity contribution in [3.8, 4) is 0 Å². The molecule has 1 saturated heterocycles. The van der Waals surface area contributed by atoms with E-state index < -0.39 is 56.3 Å². The van der Waals surface area contributed by atoms with Gasteiger partial charge in [0.15, 0.2) is 0 Å². The number of nitrogens with one attached hydrogen (secondary N) is 3. The van der Waals surface area contributed by atoms with E-state index in [1.165, 1.54) is 18.0 Å². The molecule has 1 rings (SSSR count). The Hall–Kier alpha value is -1.11. The van der Waals surface area contributed by atoms with Crippen molar-refractivity contribution in [2.45, 2.75) is 55.5 Å². The fourth-order valence-electron chi connectivity index (χ4n) is 2.86. The van der Waals surface area contributed by atoms with Crippen LogP contribution in [0.2, 0.25) is 0 Å². The second kappa shape index (κ2) is 12.4. The molecule has 0 spiro atoms. The van der Waals surface area contributed by atoms with Crippen molar-refractivity contribution in [1.29, 1.82) is 0 Å². The summed E-state index contributed by atoms with van der Waals surface area (Å²) in [5, 5.41) is 3.73. The van der Waals surface area contributed by atoms with Crippen LogP contribution in [0.3, 0.4) is 0 Å². The Morgan fingerprint density at radius 1 is 1.28 bits per heavy atom. The number of carbonyl (C=O) groups is 3. The number of esters is 1. The van der Waals surface area contributed by atoms with Crippen LogP contribution in [-0.4, -0.2) is 72.0 Å². The zero-order valence-corrected chi connectivity index (χ0v) is 21.2. The number of rotatable bonds is 10. The molecular formula is C18H29Cl3N4O6S. The monoisotopic (exact) mass is 534 g/mol. The first-order valence-electron chi connectivity index (χ1n) is 9.89. The van der Waals surface area contributed by atoms with E-state index in [4.69, 9.17) is 39.5 Å². The molecule has 32 heavy (non-hydrogen) atoms. The average Bonchev–Trinajstić information content (AvgIpc) is 2.68.